The highest BCUT2D eigenvalue weighted by molar-refractivity contribution is 6.01. The maximum absolute atomic E-state index is 4.08. The second-order valence-electron chi connectivity index (χ2n) is 3.99. The van der Waals surface area contributed by atoms with Gasteiger partial charge in [0, 0.05) is 44.5 Å². The van der Waals surface area contributed by atoms with Gasteiger partial charge in [0.1, 0.15) is 0 Å². The van der Waals surface area contributed by atoms with E-state index >= 15 is 0 Å². The minimum absolute atomic E-state index is 0.692. The minimum Gasteiger partial charge on any atom is -0.369 e. The highest BCUT2D eigenvalue weighted by Gasteiger charge is 2.10. The smallest absolute Gasteiger partial charge is 0.153 e. The van der Waals surface area contributed by atoms with Crippen molar-refractivity contribution in [2.75, 3.05) is 38.1 Å². The van der Waals surface area contributed by atoms with E-state index in [0.717, 1.165) is 31.7 Å². The van der Waals surface area contributed by atoms with Gasteiger partial charge in [0.2, 0.25) is 0 Å². The zero-order chi connectivity index (χ0) is 18.1. The van der Waals surface area contributed by atoms with Crippen LogP contribution in [0.3, 0.4) is 0 Å². The summed E-state index contributed by atoms with van der Waals surface area (Å²) < 4.78 is 0. The van der Waals surface area contributed by atoms with E-state index in [-0.39, 0.29) is 0 Å². The van der Waals surface area contributed by atoms with Crippen molar-refractivity contribution in [1.82, 2.24) is 5.32 Å². The Labute approximate surface area is 143 Å². The van der Waals surface area contributed by atoms with Crippen LogP contribution in [0.1, 0.15) is 33.3 Å². The van der Waals surface area contributed by atoms with Gasteiger partial charge in [-0.2, -0.15) is 0 Å². The standard InChI is InChI=1S/C13H18N4.2C2H6.C2H4/c1-14-13(15-2)11-3-5-12(6-4-11)17-9-7-16-8-10-17;3*1-2/h3-6,16H,1,7-10H2,2H3;2*1-2H3;1-2H2. The average Bonchev–Trinajstić information content (AvgIpc) is 2.69. The minimum atomic E-state index is 0.692. The van der Waals surface area contributed by atoms with Gasteiger partial charge in [-0.25, -0.2) is 4.99 Å². The molecule has 0 radical (unpaired) electrons. The molecule has 0 saturated carbocycles. The summed E-state index contributed by atoms with van der Waals surface area (Å²) in [6.45, 7) is 21.8. The number of rotatable bonds is 2. The van der Waals surface area contributed by atoms with Gasteiger partial charge in [0.05, 0.1) is 0 Å². The van der Waals surface area contributed by atoms with Crippen molar-refractivity contribution in [3.63, 3.8) is 0 Å². The van der Waals surface area contributed by atoms with E-state index in [0.29, 0.717) is 5.84 Å². The van der Waals surface area contributed by atoms with Crippen LogP contribution in [0.5, 0.6) is 0 Å². The van der Waals surface area contributed by atoms with E-state index in [1.165, 1.54) is 5.69 Å². The lowest BCUT2D eigenvalue weighted by molar-refractivity contribution is 0.589. The molecule has 2 rings (SSSR count). The first-order valence-electron chi connectivity index (χ1n) is 8.35. The van der Waals surface area contributed by atoms with E-state index in [2.05, 4.69) is 52.2 Å². The highest BCUT2D eigenvalue weighted by atomic mass is 15.2. The summed E-state index contributed by atoms with van der Waals surface area (Å²) in [6.07, 6.45) is 0. The fourth-order valence-corrected chi connectivity index (χ4v) is 2.04. The van der Waals surface area contributed by atoms with Gasteiger partial charge >= 0.3 is 0 Å². The van der Waals surface area contributed by atoms with Crippen LogP contribution in [0.15, 0.2) is 47.4 Å². The molecule has 0 unspecified atom stereocenters. The SMILES string of the molecule is C=C.C=NC(=NC)c1ccc(N2CCNCC2)cc1.CC.CC. The average molecular weight is 319 g/mol. The third-order valence-corrected chi connectivity index (χ3v) is 2.97. The summed E-state index contributed by atoms with van der Waals surface area (Å²) >= 11 is 0. The maximum atomic E-state index is 4.08. The van der Waals surface area contributed by atoms with Crippen molar-refractivity contribution in [2.45, 2.75) is 27.7 Å². The number of hydrogen-bond donors (Lipinski definition) is 1. The van der Waals surface area contributed by atoms with Crippen LogP contribution in [0.2, 0.25) is 0 Å². The summed E-state index contributed by atoms with van der Waals surface area (Å²) in [6, 6.07) is 8.34. The predicted octanol–water partition coefficient (Wildman–Crippen LogP) is 4.03. The molecule has 1 aliphatic heterocycles. The lowest BCUT2D eigenvalue weighted by Crippen LogP contribution is -2.43. The molecule has 0 amide bonds. The predicted molar refractivity (Wildman–Crippen MR) is 107 cm³/mol. The number of nitrogens with one attached hydrogen (secondary N) is 1. The first-order valence-corrected chi connectivity index (χ1v) is 8.35. The van der Waals surface area contributed by atoms with E-state index in [9.17, 15) is 0 Å². The Morgan fingerprint density at radius 1 is 1.00 bits per heavy atom. The molecule has 0 aromatic heterocycles. The molecule has 1 aromatic carbocycles. The Morgan fingerprint density at radius 3 is 1.87 bits per heavy atom. The third kappa shape index (κ3) is 8.31. The Bertz CT molecular complexity index is 418. The van der Waals surface area contributed by atoms with Gasteiger partial charge in [-0.15, -0.1) is 13.2 Å². The van der Waals surface area contributed by atoms with Crippen molar-refractivity contribution >= 4 is 18.2 Å². The number of amidine groups is 1. The number of nitrogens with zero attached hydrogens (tertiary/aromatic N) is 3. The molecule has 1 N–H and O–H groups in total. The number of hydrogen-bond acceptors (Lipinski definition) is 3. The molecule has 1 fully saturated rings. The molecule has 1 aromatic rings. The Hall–Kier alpha value is -1.94. The molecule has 0 atom stereocenters. The van der Waals surface area contributed by atoms with Crippen molar-refractivity contribution in [3.8, 4) is 0 Å². The normalized spacial score (nSPS) is 13.3. The number of benzene rings is 1. The summed E-state index contributed by atoms with van der Waals surface area (Å²) in [5.74, 6) is 0.692. The van der Waals surface area contributed by atoms with Gasteiger partial charge in [0.15, 0.2) is 5.84 Å². The number of aliphatic imine (C=N–C) groups is 2. The fourth-order valence-electron chi connectivity index (χ4n) is 2.04. The lowest BCUT2D eigenvalue weighted by Gasteiger charge is -2.29. The molecule has 1 heterocycles. The fraction of sp³-hybridized carbons (Fsp3) is 0.474. The van der Waals surface area contributed by atoms with Crippen LogP contribution >= 0.6 is 0 Å². The van der Waals surface area contributed by atoms with Gasteiger partial charge in [0.25, 0.3) is 0 Å². The summed E-state index contributed by atoms with van der Waals surface area (Å²) in [7, 11) is 1.73. The number of piperazine rings is 1. The molecule has 0 bridgehead atoms. The van der Waals surface area contributed by atoms with E-state index < -0.39 is 0 Å². The van der Waals surface area contributed by atoms with Crippen molar-refractivity contribution < 1.29 is 0 Å². The van der Waals surface area contributed by atoms with Crippen molar-refractivity contribution in [1.29, 1.82) is 0 Å². The summed E-state index contributed by atoms with van der Waals surface area (Å²) in [4.78, 5) is 10.4. The van der Waals surface area contributed by atoms with Crippen molar-refractivity contribution in [2.24, 2.45) is 9.98 Å². The largest absolute Gasteiger partial charge is 0.369 e. The van der Waals surface area contributed by atoms with Gasteiger partial charge in [-0.3, -0.25) is 4.99 Å². The van der Waals surface area contributed by atoms with Crippen LogP contribution in [-0.2, 0) is 0 Å². The van der Waals surface area contributed by atoms with Crippen LogP contribution in [-0.4, -0.2) is 45.8 Å². The maximum Gasteiger partial charge on any atom is 0.153 e. The highest BCUT2D eigenvalue weighted by Crippen LogP contribution is 2.16. The zero-order valence-corrected chi connectivity index (χ0v) is 15.6. The Kier molecular flexibility index (Phi) is 16.7. The zero-order valence-electron chi connectivity index (χ0n) is 15.6. The van der Waals surface area contributed by atoms with E-state index in [4.69, 9.17) is 0 Å². The molecule has 4 nitrogen and oxygen atoms in total. The van der Waals surface area contributed by atoms with E-state index in [1.54, 1.807) is 7.05 Å². The molecule has 130 valence electrons. The quantitative estimate of drug-likeness (QED) is 0.508. The van der Waals surface area contributed by atoms with E-state index in [1.807, 2.05) is 39.8 Å². The van der Waals surface area contributed by atoms with Crippen LogP contribution in [0.25, 0.3) is 0 Å². The molecule has 0 spiro atoms. The molecule has 1 saturated heterocycles. The van der Waals surface area contributed by atoms with Crippen LogP contribution in [0, 0.1) is 0 Å². The molecular formula is C19H34N4. The second-order valence-corrected chi connectivity index (χ2v) is 3.99. The molecule has 4 heteroatoms. The molecular weight excluding hydrogens is 284 g/mol. The monoisotopic (exact) mass is 318 g/mol. The first kappa shape index (κ1) is 23.3. The summed E-state index contributed by atoms with van der Waals surface area (Å²) in [5, 5.41) is 3.35. The Balaban J connectivity index is 0. The second kappa shape index (κ2) is 16.4. The van der Waals surface area contributed by atoms with Crippen molar-refractivity contribution in [3.05, 3.63) is 43.0 Å². The van der Waals surface area contributed by atoms with Crippen LogP contribution in [0.4, 0.5) is 5.69 Å². The lowest BCUT2D eigenvalue weighted by atomic mass is 10.1. The van der Waals surface area contributed by atoms with Gasteiger partial charge < -0.3 is 10.2 Å². The number of anilines is 1. The summed E-state index contributed by atoms with van der Waals surface area (Å²) in [5.41, 5.74) is 2.27. The molecule has 1 aliphatic rings. The molecule has 0 aliphatic carbocycles. The van der Waals surface area contributed by atoms with Gasteiger partial charge in [-0.1, -0.05) is 27.7 Å². The van der Waals surface area contributed by atoms with Gasteiger partial charge in [-0.05, 0) is 31.0 Å². The first-order chi connectivity index (χ1) is 11.3. The topological polar surface area (TPSA) is 40.0 Å². The third-order valence-electron chi connectivity index (χ3n) is 2.97. The Morgan fingerprint density at radius 2 is 1.48 bits per heavy atom. The molecule has 23 heavy (non-hydrogen) atoms. The van der Waals surface area contributed by atoms with Crippen LogP contribution < -0.4 is 10.2 Å².